The van der Waals surface area contributed by atoms with E-state index in [1.54, 1.807) is 11.1 Å². The van der Waals surface area contributed by atoms with Crippen LogP contribution in [0.2, 0.25) is 0 Å². The lowest BCUT2D eigenvalue weighted by Gasteiger charge is -2.28. The van der Waals surface area contributed by atoms with Gasteiger partial charge < -0.3 is 9.80 Å². The van der Waals surface area contributed by atoms with Gasteiger partial charge in [-0.3, -0.25) is 0 Å². The smallest absolute Gasteiger partial charge is 0.0366 e. The topological polar surface area (TPSA) is 6.48 Å². The fourth-order valence-electron chi connectivity index (χ4n) is 3.64. The minimum atomic E-state index is 0.466. The third-order valence-electron chi connectivity index (χ3n) is 5.07. The van der Waals surface area contributed by atoms with E-state index in [-0.39, 0.29) is 0 Å². The van der Waals surface area contributed by atoms with Gasteiger partial charge in [-0.1, -0.05) is 36.4 Å². The molecule has 0 N–H and O–H groups in total. The molecule has 0 radical (unpaired) electrons. The second-order valence-electron chi connectivity index (χ2n) is 6.91. The Bertz CT molecular complexity index is 634. The van der Waals surface area contributed by atoms with E-state index in [1.165, 1.54) is 30.5 Å². The van der Waals surface area contributed by atoms with E-state index in [1.807, 2.05) is 0 Å². The van der Waals surface area contributed by atoms with Crippen molar-refractivity contribution in [1.29, 1.82) is 0 Å². The summed E-state index contributed by atoms with van der Waals surface area (Å²) in [6.07, 6.45) is 4.96. The highest BCUT2D eigenvalue weighted by atomic mass is 15.1. The molecule has 0 heterocycles. The maximum absolute atomic E-state index is 2.40. The lowest BCUT2D eigenvalue weighted by Crippen LogP contribution is -2.26. The molecule has 2 aromatic rings. The maximum Gasteiger partial charge on any atom is 0.0366 e. The van der Waals surface area contributed by atoms with E-state index in [2.05, 4.69) is 79.5 Å². The molecule has 0 bridgehead atoms. The summed E-state index contributed by atoms with van der Waals surface area (Å²) >= 11 is 0. The van der Waals surface area contributed by atoms with Crippen molar-refractivity contribution in [1.82, 2.24) is 4.90 Å². The molecule has 1 aliphatic rings. The number of fused-ring (bicyclic) bond motifs is 1. The number of hydrogen-bond donors (Lipinski definition) is 0. The van der Waals surface area contributed by atoms with Gasteiger partial charge in [0.2, 0.25) is 0 Å². The Morgan fingerprint density at radius 2 is 1.65 bits per heavy atom. The van der Waals surface area contributed by atoms with Crippen LogP contribution >= 0.6 is 0 Å². The number of nitrogens with zero attached hydrogens (tertiary/aromatic N) is 2. The van der Waals surface area contributed by atoms with Gasteiger partial charge in [-0.25, -0.2) is 0 Å². The van der Waals surface area contributed by atoms with Crippen LogP contribution < -0.4 is 4.90 Å². The Labute approximate surface area is 140 Å². The zero-order chi connectivity index (χ0) is 16.2. The summed E-state index contributed by atoms with van der Waals surface area (Å²) in [7, 11) is 6.56. The van der Waals surface area contributed by atoms with E-state index in [9.17, 15) is 0 Å². The standard InChI is InChI=1S/C21H28N2/c1-22(2)21(18-8-5-4-6-9-18)14-15-23(3)20-13-12-17-10-7-11-19(17)16-20/h4-6,8-9,12-13,16,21H,7,10-11,14-15H2,1-3H3. The molecular formula is C21H28N2. The minimum absolute atomic E-state index is 0.466. The van der Waals surface area contributed by atoms with Crippen LogP contribution in [0.5, 0.6) is 0 Å². The molecule has 2 heteroatoms. The van der Waals surface area contributed by atoms with E-state index >= 15 is 0 Å². The second kappa shape index (κ2) is 7.18. The zero-order valence-corrected chi connectivity index (χ0v) is 14.6. The Balaban J connectivity index is 1.66. The minimum Gasteiger partial charge on any atom is -0.375 e. The molecule has 0 amide bonds. The first-order valence-electron chi connectivity index (χ1n) is 8.69. The molecule has 0 aromatic heterocycles. The number of aryl methyl sites for hydroxylation is 2. The van der Waals surface area contributed by atoms with Gasteiger partial charge in [-0.15, -0.1) is 0 Å². The van der Waals surface area contributed by atoms with Crippen LogP contribution in [0.25, 0.3) is 0 Å². The van der Waals surface area contributed by atoms with Crippen LogP contribution in [0.1, 0.15) is 35.6 Å². The van der Waals surface area contributed by atoms with Crippen molar-refractivity contribution in [2.24, 2.45) is 0 Å². The molecule has 2 nitrogen and oxygen atoms in total. The van der Waals surface area contributed by atoms with Gasteiger partial charge in [0.25, 0.3) is 0 Å². The molecule has 0 fully saturated rings. The van der Waals surface area contributed by atoms with Crippen LogP contribution in [0.4, 0.5) is 5.69 Å². The van der Waals surface area contributed by atoms with Gasteiger partial charge in [0, 0.05) is 25.3 Å². The van der Waals surface area contributed by atoms with Crippen molar-refractivity contribution < 1.29 is 0 Å². The number of rotatable bonds is 6. The van der Waals surface area contributed by atoms with Gasteiger partial charge in [-0.2, -0.15) is 0 Å². The van der Waals surface area contributed by atoms with Gasteiger partial charge in [0.15, 0.2) is 0 Å². The quantitative estimate of drug-likeness (QED) is 0.785. The lowest BCUT2D eigenvalue weighted by molar-refractivity contribution is 0.286. The maximum atomic E-state index is 2.40. The van der Waals surface area contributed by atoms with Crippen LogP contribution in [0, 0.1) is 0 Å². The number of hydrogen-bond acceptors (Lipinski definition) is 2. The average molecular weight is 308 g/mol. The van der Waals surface area contributed by atoms with Gasteiger partial charge in [-0.05, 0) is 68.6 Å². The highest BCUT2D eigenvalue weighted by Crippen LogP contribution is 2.28. The summed E-state index contributed by atoms with van der Waals surface area (Å²) in [5.41, 5.74) is 5.87. The molecule has 2 aromatic carbocycles. The lowest BCUT2D eigenvalue weighted by atomic mass is 10.0. The van der Waals surface area contributed by atoms with Crippen molar-refractivity contribution in [2.45, 2.75) is 31.7 Å². The SMILES string of the molecule is CN(CCC(c1ccccc1)N(C)C)c1ccc2c(c1)CCC2. The largest absolute Gasteiger partial charge is 0.375 e. The van der Waals surface area contributed by atoms with Crippen molar-refractivity contribution in [2.75, 3.05) is 32.6 Å². The normalized spacial score (nSPS) is 14.8. The monoisotopic (exact) mass is 308 g/mol. The van der Waals surface area contributed by atoms with Crippen LogP contribution in [-0.4, -0.2) is 32.6 Å². The molecule has 3 rings (SSSR count). The van der Waals surface area contributed by atoms with E-state index < -0.39 is 0 Å². The van der Waals surface area contributed by atoms with Crippen molar-refractivity contribution >= 4 is 5.69 Å². The number of anilines is 1. The summed E-state index contributed by atoms with van der Waals surface area (Å²) in [5, 5.41) is 0. The van der Waals surface area contributed by atoms with Crippen LogP contribution in [0.15, 0.2) is 48.5 Å². The Morgan fingerprint density at radius 3 is 2.39 bits per heavy atom. The highest BCUT2D eigenvalue weighted by molar-refractivity contribution is 5.51. The van der Waals surface area contributed by atoms with Crippen molar-refractivity contribution in [3.8, 4) is 0 Å². The van der Waals surface area contributed by atoms with E-state index in [0.717, 1.165) is 13.0 Å². The fraction of sp³-hybridized carbons (Fsp3) is 0.429. The molecule has 0 aliphatic heterocycles. The van der Waals surface area contributed by atoms with Gasteiger partial charge in [0.05, 0.1) is 0 Å². The molecule has 0 saturated heterocycles. The predicted octanol–water partition coefficient (Wildman–Crippen LogP) is 4.30. The van der Waals surface area contributed by atoms with Gasteiger partial charge in [0.1, 0.15) is 0 Å². The molecule has 1 unspecified atom stereocenters. The third-order valence-corrected chi connectivity index (χ3v) is 5.07. The summed E-state index contributed by atoms with van der Waals surface area (Å²) < 4.78 is 0. The molecule has 0 saturated carbocycles. The van der Waals surface area contributed by atoms with Crippen molar-refractivity contribution in [3.05, 3.63) is 65.2 Å². The summed E-state index contributed by atoms with van der Waals surface area (Å²) in [4.78, 5) is 4.73. The molecule has 23 heavy (non-hydrogen) atoms. The Morgan fingerprint density at radius 1 is 0.913 bits per heavy atom. The first-order valence-corrected chi connectivity index (χ1v) is 8.69. The Kier molecular flexibility index (Phi) is 5.02. The molecule has 1 aliphatic carbocycles. The number of benzene rings is 2. The first kappa shape index (κ1) is 16.1. The highest BCUT2D eigenvalue weighted by Gasteiger charge is 2.16. The summed E-state index contributed by atoms with van der Waals surface area (Å²) in [5.74, 6) is 0. The fourth-order valence-corrected chi connectivity index (χ4v) is 3.64. The summed E-state index contributed by atoms with van der Waals surface area (Å²) in [6.45, 7) is 1.07. The van der Waals surface area contributed by atoms with Crippen molar-refractivity contribution in [3.63, 3.8) is 0 Å². The second-order valence-corrected chi connectivity index (χ2v) is 6.91. The van der Waals surface area contributed by atoms with E-state index in [0.29, 0.717) is 6.04 Å². The van der Waals surface area contributed by atoms with Gasteiger partial charge >= 0.3 is 0 Å². The Hall–Kier alpha value is -1.80. The zero-order valence-electron chi connectivity index (χ0n) is 14.6. The third kappa shape index (κ3) is 3.76. The van der Waals surface area contributed by atoms with E-state index in [4.69, 9.17) is 0 Å². The molecule has 0 spiro atoms. The summed E-state index contributed by atoms with van der Waals surface area (Å²) in [6, 6.07) is 18.3. The molecule has 1 atom stereocenters. The molecular weight excluding hydrogens is 280 g/mol. The first-order chi connectivity index (χ1) is 11.1. The molecule has 122 valence electrons. The van der Waals surface area contributed by atoms with Crippen LogP contribution in [0.3, 0.4) is 0 Å². The predicted molar refractivity (Wildman–Crippen MR) is 99.2 cm³/mol. The average Bonchev–Trinajstić information content (AvgIpc) is 3.03. The van der Waals surface area contributed by atoms with Crippen LogP contribution in [-0.2, 0) is 12.8 Å².